The quantitative estimate of drug-likeness (QED) is 0.698. The Labute approximate surface area is 84.8 Å². The Morgan fingerprint density at radius 3 is 3.15 bits per heavy atom. The van der Waals surface area contributed by atoms with Gasteiger partial charge in [0, 0.05) is 19.0 Å². The number of carbonyl (C=O) groups is 1. The van der Waals surface area contributed by atoms with Gasteiger partial charge in [0.25, 0.3) is 0 Å². The Kier molecular flexibility index (Phi) is 2.15. The molecule has 1 aromatic heterocycles. The molecule has 0 fully saturated rings. The third-order valence-electron chi connectivity index (χ3n) is 2.37. The molecule has 0 atom stereocenters. The maximum absolute atomic E-state index is 11.1. The SMILES string of the molecule is CC(=O)N1CCc2coc(Br)c2C1. The minimum Gasteiger partial charge on any atom is -0.457 e. The third-order valence-corrected chi connectivity index (χ3v) is 3.04. The standard InChI is InChI=1S/C9H10BrNO2/c1-6(12)11-3-2-7-5-13-9(10)8(7)4-11/h5H,2-4H2,1H3. The van der Waals surface area contributed by atoms with Crippen LogP contribution in [0.4, 0.5) is 0 Å². The number of halogens is 1. The molecule has 0 aliphatic carbocycles. The van der Waals surface area contributed by atoms with Crippen molar-refractivity contribution >= 4 is 21.8 Å². The van der Waals surface area contributed by atoms with E-state index in [4.69, 9.17) is 4.42 Å². The molecule has 0 spiro atoms. The summed E-state index contributed by atoms with van der Waals surface area (Å²) in [5, 5.41) is 0. The molecule has 1 aromatic rings. The average molecular weight is 244 g/mol. The van der Waals surface area contributed by atoms with Crippen molar-refractivity contribution in [3.8, 4) is 0 Å². The molecule has 1 amide bonds. The Hall–Kier alpha value is -0.770. The van der Waals surface area contributed by atoms with E-state index in [1.54, 1.807) is 13.2 Å². The summed E-state index contributed by atoms with van der Waals surface area (Å²) < 4.78 is 5.98. The number of furan rings is 1. The fourth-order valence-electron chi connectivity index (χ4n) is 1.56. The Morgan fingerprint density at radius 1 is 1.69 bits per heavy atom. The summed E-state index contributed by atoms with van der Waals surface area (Å²) in [6, 6.07) is 0. The highest BCUT2D eigenvalue weighted by molar-refractivity contribution is 9.10. The van der Waals surface area contributed by atoms with Crippen molar-refractivity contribution in [3.63, 3.8) is 0 Å². The molecule has 0 radical (unpaired) electrons. The highest BCUT2D eigenvalue weighted by Gasteiger charge is 2.22. The normalized spacial score (nSPS) is 15.7. The summed E-state index contributed by atoms with van der Waals surface area (Å²) in [5.41, 5.74) is 2.32. The highest BCUT2D eigenvalue weighted by Crippen LogP contribution is 2.28. The number of hydrogen-bond acceptors (Lipinski definition) is 2. The molecule has 0 N–H and O–H groups in total. The van der Waals surface area contributed by atoms with Gasteiger partial charge in [-0.05, 0) is 27.9 Å². The smallest absolute Gasteiger partial charge is 0.219 e. The second kappa shape index (κ2) is 3.18. The Balaban J connectivity index is 2.27. The van der Waals surface area contributed by atoms with Gasteiger partial charge in [0.15, 0.2) is 4.67 Å². The predicted molar refractivity (Wildman–Crippen MR) is 51.2 cm³/mol. The van der Waals surface area contributed by atoms with Gasteiger partial charge in [-0.1, -0.05) is 0 Å². The van der Waals surface area contributed by atoms with Crippen LogP contribution >= 0.6 is 15.9 Å². The zero-order chi connectivity index (χ0) is 9.42. The molecule has 0 saturated carbocycles. The summed E-state index contributed by atoms with van der Waals surface area (Å²) in [5.74, 6) is 0.124. The van der Waals surface area contributed by atoms with Crippen molar-refractivity contribution in [2.45, 2.75) is 19.9 Å². The van der Waals surface area contributed by atoms with Crippen LogP contribution in [0.2, 0.25) is 0 Å². The van der Waals surface area contributed by atoms with E-state index < -0.39 is 0 Å². The minimum absolute atomic E-state index is 0.124. The third kappa shape index (κ3) is 1.50. The summed E-state index contributed by atoms with van der Waals surface area (Å²) in [4.78, 5) is 12.9. The minimum atomic E-state index is 0.124. The van der Waals surface area contributed by atoms with Gasteiger partial charge >= 0.3 is 0 Å². The van der Waals surface area contributed by atoms with Gasteiger partial charge < -0.3 is 9.32 Å². The number of nitrogens with zero attached hydrogens (tertiary/aromatic N) is 1. The zero-order valence-electron chi connectivity index (χ0n) is 7.34. The van der Waals surface area contributed by atoms with Gasteiger partial charge in [-0.3, -0.25) is 4.79 Å². The van der Waals surface area contributed by atoms with E-state index in [2.05, 4.69) is 15.9 Å². The van der Waals surface area contributed by atoms with Crippen molar-refractivity contribution in [1.29, 1.82) is 0 Å². The van der Waals surface area contributed by atoms with Crippen molar-refractivity contribution < 1.29 is 9.21 Å². The van der Waals surface area contributed by atoms with Crippen molar-refractivity contribution in [3.05, 3.63) is 22.1 Å². The van der Waals surface area contributed by atoms with Gasteiger partial charge in [0.2, 0.25) is 5.91 Å². The van der Waals surface area contributed by atoms with Crippen LogP contribution in [0.1, 0.15) is 18.1 Å². The molecule has 1 aliphatic heterocycles. The fraction of sp³-hybridized carbons (Fsp3) is 0.444. The first-order valence-electron chi connectivity index (χ1n) is 4.18. The first-order chi connectivity index (χ1) is 6.18. The van der Waals surface area contributed by atoms with Crippen LogP contribution in [0.3, 0.4) is 0 Å². The largest absolute Gasteiger partial charge is 0.457 e. The second-order valence-electron chi connectivity index (χ2n) is 3.20. The van der Waals surface area contributed by atoms with Gasteiger partial charge in [-0.2, -0.15) is 0 Å². The van der Waals surface area contributed by atoms with Gasteiger partial charge in [-0.15, -0.1) is 0 Å². The van der Waals surface area contributed by atoms with E-state index in [9.17, 15) is 4.79 Å². The van der Waals surface area contributed by atoms with E-state index in [-0.39, 0.29) is 5.91 Å². The summed E-state index contributed by atoms with van der Waals surface area (Å²) in [7, 11) is 0. The molecule has 0 unspecified atom stereocenters. The van der Waals surface area contributed by atoms with E-state index in [0.29, 0.717) is 6.54 Å². The van der Waals surface area contributed by atoms with E-state index in [0.717, 1.165) is 23.2 Å². The highest BCUT2D eigenvalue weighted by atomic mass is 79.9. The Bertz CT molecular complexity index is 345. The molecule has 0 aromatic carbocycles. The number of carbonyl (C=O) groups excluding carboxylic acids is 1. The van der Waals surface area contributed by atoms with Crippen LogP contribution in [0.15, 0.2) is 15.3 Å². The average Bonchev–Trinajstić information content (AvgIpc) is 2.47. The summed E-state index contributed by atoms with van der Waals surface area (Å²) in [6.45, 7) is 3.06. The second-order valence-corrected chi connectivity index (χ2v) is 3.92. The van der Waals surface area contributed by atoms with Crippen LogP contribution in [0, 0.1) is 0 Å². The topological polar surface area (TPSA) is 33.5 Å². The van der Waals surface area contributed by atoms with Crippen LogP contribution in [-0.2, 0) is 17.8 Å². The molecule has 2 rings (SSSR count). The lowest BCUT2D eigenvalue weighted by molar-refractivity contribution is -0.129. The lowest BCUT2D eigenvalue weighted by Crippen LogP contribution is -2.33. The van der Waals surface area contributed by atoms with E-state index in [1.807, 2.05) is 4.90 Å². The predicted octanol–water partition coefficient (Wildman–Crippen LogP) is 1.95. The van der Waals surface area contributed by atoms with Crippen LogP contribution in [0.5, 0.6) is 0 Å². The molecular weight excluding hydrogens is 234 g/mol. The Morgan fingerprint density at radius 2 is 2.46 bits per heavy atom. The van der Waals surface area contributed by atoms with Gasteiger partial charge in [-0.25, -0.2) is 0 Å². The molecule has 3 nitrogen and oxygen atoms in total. The van der Waals surface area contributed by atoms with Crippen LogP contribution in [-0.4, -0.2) is 17.4 Å². The molecule has 0 saturated heterocycles. The number of amides is 1. The molecule has 70 valence electrons. The van der Waals surface area contributed by atoms with Gasteiger partial charge in [0.1, 0.15) is 0 Å². The van der Waals surface area contributed by atoms with E-state index in [1.165, 1.54) is 5.56 Å². The van der Waals surface area contributed by atoms with E-state index >= 15 is 0 Å². The summed E-state index contributed by atoms with van der Waals surface area (Å²) >= 11 is 3.32. The van der Waals surface area contributed by atoms with Crippen molar-refractivity contribution in [2.75, 3.05) is 6.54 Å². The monoisotopic (exact) mass is 243 g/mol. The molecule has 1 aliphatic rings. The first-order valence-corrected chi connectivity index (χ1v) is 4.98. The zero-order valence-corrected chi connectivity index (χ0v) is 8.93. The summed E-state index contributed by atoms with van der Waals surface area (Å²) in [6.07, 6.45) is 2.65. The number of hydrogen-bond donors (Lipinski definition) is 0. The van der Waals surface area contributed by atoms with Crippen LogP contribution in [0.25, 0.3) is 0 Å². The first kappa shape index (κ1) is 8.81. The molecular formula is C9H10BrNO2. The van der Waals surface area contributed by atoms with Gasteiger partial charge in [0.05, 0.1) is 12.8 Å². The van der Waals surface area contributed by atoms with Crippen molar-refractivity contribution in [2.24, 2.45) is 0 Å². The van der Waals surface area contributed by atoms with Crippen LogP contribution < -0.4 is 0 Å². The van der Waals surface area contributed by atoms with Crippen molar-refractivity contribution in [1.82, 2.24) is 4.90 Å². The molecule has 4 heteroatoms. The lowest BCUT2D eigenvalue weighted by Gasteiger charge is -2.25. The molecule has 0 bridgehead atoms. The lowest BCUT2D eigenvalue weighted by atomic mass is 10.1. The number of fused-ring (bicyclic) bond motifs is 1. The maximum atomic E-state index is 11.1. The maximum Gasteiger partial charge on any atom is 0.219 e. The number of rotatable bonds is 0. The molecule has 2 heterocycles. The molecule has 13 heavy (non-hydrogen) atoms. The fourth-order valence-corrected chi connectivity index (χ4v) is 2.03.